The van der Waals surface area contributed by atoms with Crippen LogP contribution in [0.5, 0.6) is 0 Å². The van der Waals surface area contributed by atoms with Gasteiger partial charge in [0.1, 0.15) is 11.2 Å². The van der Waals surface area contributed by atoms with Crippen molar-refractivity contribution in [2.45, 2.75) is 31.9 Å². The Morgan fingerprint density at radius 1 is 1.15 bits per heavy atom. The number of hydrogen-bond donors (Lipinski definition) is 2. The zero-order valence-corrected chi connectivity index (χ0v) is 18.3. The number of hydrogen-bond acceptors (Lipinski definition) is 6. The van der Waals surface area contributed by atoms with Crippen LogP contribution in [0, 0.1) is 6.92 Å². The van der Waals surface area contributed by atoms with Gasteiger partial charge in [-0.3, -0.25) is 4.79 Å². The minimum absolute atomic E-state index is 0. The highest BCUT2D eigenvalue weighted by molar-refractivity contribution is 5.85. The molecule has 0 amide bonds. The lowest BCUT2D eigenvalue weighted by molar-refractivity contribution is -0.137. The molecule has 1 saturated heterocycles. The van der Waals surface area contributed by atoms with Gasteiger partial charge in [0.2, 0.25) is 5.82 Å². The molecule has 4 aromatic rings. The molecule has 3 aromatic heterocycles. The molecule has 8 nitrogen and oxygen atoms in total. The maximum absolute atomic E-state index is 12.9. The van der Waals surface area contributed by atoms with E-state index >= 15 is 0 Å². The quantitative estimate of drug-likeness (QED) is 0.460. The van der Waals surface area contributed by atoms with Crippen LogP contribution in [0.2, 0.25) is 0 Å². The molecule has 174 valence electrons. The third kappa shape index (κ3) is 4.25. The van der Waals surface area contributed by atoms with Crippen LogP contribution in [0.15, 0.2) is 39.8 Å². The highest BCUT2D eigenvalue weighted by atomic mass is 35.5. The summed E-state index contributed by atoms with van der Waals surface area (Å²) < 4.78 is 45.9. The van der Waals surface area contributed by atoms with Crippen molar-refractivity contribution in [2.24, 2.45) is 0 Å². The van der Waals surface area contributed by atoms with E-state index in [0.29, 0.717) is 22.3 Å². The van der Waals surface area contributed by atoms with Gasteiger partial charge in [0.15, 0.2) is 0 Å². The lowest BCUT2D eigenvalue weighted by atomic mass is 9.94. The van der Waals surface area contributed by atoms with Gasteiger partial charge in [0.05, 0.1) is 17.5 Å². The highest BCUT2D eigenvalue weighted by Gasteiger charge is 2.31. The fraction of sp³-hybridized carbons (Fsp3) is 0.333. The molecule has 1 fully saturated rings. The molecular weight excluding hydrogens is 461 g/mol. The van der Waals surface area contributed by atoms with Crippen molar-refractivity contribution in [1.29, 1.82) is 0 Å². The number of aromatic nitrogens is 5. The number of aryl methyl sites for hydroxylation is 1. The number of piperidine rings is 1. The lowest BCUT2D eigenvalue weighted by Gasteiger charge is -2.23. The highest BCUT2D eigenvalue weighted by Crippen LogP contribution is 2.33. The Morgan fingerprint density at radius 3 is 2.61 bits per heavy atom. The van der Waals surface area contributed by atoms with Crippen molar-refractivity contribution in [3.8, 4) is 22.8 Å². The summed E-state index contributed by atoms with van der Waals surface area (Å²) in [4.78, 5) is 19.5. The van der Waals surface area contributed by atoms with Crippen LogP contribution in [0.25, 0.3) is 28.5 Å². The van der Waals surface area contributed by atoms with Crippen LogP contribution < -0.4 is 10.9 Å². The maximum Gasteiger partial charge on any atom is 0.416 e. The normalized spacial score (nSPS) is 15.0. The molecule has 0 radical (unpaired) electrons. The van der Waals surface area contributed by atoms with Crippen molar-refractivity contribution < 1.29 is 17.7 Å². The summed E-state index contributed by atoms with van der Waals surface area (Å²) in [7, 11) is 0. The number of alkyl halides is 3. The van der Waals surface area contributed by atoms with Gasteiger partial charge in [0.25, 0.3) is 11.4 Å². The van der Waals surface area contributed by atoms with Crippen LogP contribution in [0.3, 0.4) is 0 Å². The monoisotopic (exact) mass is 480 g/mol. The number of H-pyrrole nitrogens is 1. The molecule has 0 bridgehead atoms. The number of aromatic amines is 1. The molecule has 2 N–H and O–H groups in total. The first-order valence-corrected chi connectivity index (χ1v) is 10.2. The summed E-state index contributed by atoms with van der Waals surface area (Å²) in [6, 6.07) is 4.91. The lowest BCUT2D eigenvalue weighted by Crippen LogP contribution is -2.28. The topological polar surface area (TPSA) is 101 Å². The average molecular weight is 481 g/mol. The molecule has 5 rings (SSSR count). The van der Waals surface area contributed by atoms with Gasteiger partial charge in [-0.25, -0.2) is 4.52 Å². The molecule has 33 heavy (non-hydrogen) atoms. The molecule has 0 unspecified atom stereocenters. The van der Waals surface area contributed by atoms with Crippen LogP contribution in [-0.2, 0) is 6.18 Å². The zero-order valence-electron chi connectivity index (χ0n) is 17.4. The third-order valence-corrected chi connectivity index (χ3v) is 5.74. The Labute approximate surface area is 191 Å². The largest absolute Gasteiger partial charge is 0.416 e. The van der Waals surface area contributed by atoms with Gasteiger partial charge in [-0.05, 0) is 50.6 Å². The molecule has 1 aliphatic heterocycles. The Bertz CT molecular complexity index is 1350. The minimum Gasteiger partial charge on any atom is -0.333 e. The summed E-state index contributed by atoms with van der Waals surface area (Å²) in [6.07, 6.45) is -1.11. The second-order valence-electron chi connectivity index (χ2n) is 7.85. The second kappa shape index (κ2) is 8.64. The van der Waals surface area contributed by atoms with Gasteiger partial charge >= 0.3 is 6.18 Å². The first-order valence-electron chi connectivity index (χ1n) is 10.2. The summed E-state index contributed by atoms with van der Waals surface area (Å²) in [6.45, 7) is 3.29. The van der Waals surface area contributed by atoms with Crippen molar-refractivity contribution >= 4 is 18.1 Å². The Hall–Kier alpha value is -3.18. The average Bonchev–Trinajstić information content (AvgIpc) is 3.40. The first kappa shape index (κ1) is 23.0. The predicted molar refractivity (Wildman–Crippen MR) is 116 cm³/mol. The predicted octanol–water partition coefficient (Wildman–Crippen LogP) is 3.96. The number of benzene rings is 1. The summed E-state index contributed by atoms with van der Waals surface area (Å²) in [5.74, 6) is 0.469. The Morgan fingerprint density at radius 2 is 1.91 bits per heavy atom. The van der Waals surface area contributed by atoms with Gasteiger partial charge in [-0.2, -0.15) is 23.3 Å². The van der Waals surface area contributed by atoms with E-state index in [4.69, 9.17) is 4.52 Å². The van der Waals surface area contributed by atoms with E-state index in [9.17, 15) is 18.0 Å². The molecule has 0 atom stereocenters. The maximum atomic E-state index is 12.9. The van der Waals surface area contributed by atoms with Gasteiger partial charge in [-0.1, -0.05) is 11.2 Å². The first-order chi connectivity index (χ1) is 15.3. The smallest absolute Gasteiger partial charge is 0.333 e. The standard InChI is InChI=1S/C21H19F3N6O2.ClH/c1-11-8-13(21(22,23)24)2-3-14(11)18-28-20(32-29-18)15-10-26-30-16(9-17(31)27-19(15)30)12-4-6-25-7-5-12;/h2-3,8-10,12,25H,4-7H2,1H3,(H,27,31);1H. The number of nitrogens with one attached hydrogen (secondary N) is 2. The summed E-state index contributed by atoms with van der Waals surface area (Å²) in [5.41, 5.74) is 1.49. The van der Waals surface area contributed by atoms with Gasteiger partial charge in [0, 0.05) is 17.5 Å². The number of fused-ring (bicyclic) bond motifs is 1. The number of nitrogens with zero attached hydrogens (tertiary/aromatic N) is 4. The van der Waals surface area contributed by atoms with Gasteiger partial charge < -0.3 is 14.8 Å². The van der Waals surface area contributed by atoms with Crippen molar-refractivity contribution in [3.63, 3.8) is 0 Å². The van der Waals surface area contributed by atoms with Crippen LogP contribution in [0.1, 0.15) is 35.6 Å². The third-order valence-electron chi connectivity index (χ3n) is 5.74. The molecule has 1 aliphatic rings. The fourth-order valence-corrected chi connectivity index (χ4v) is 4.11. The van der Waals surface area contributed by atoms with E-state index in [2.05, 4.69) is 25.5 Å². The number of halogens is 4. The molecule has 0 saturated carbocycles. The van der Waals surface area contributed by atoms with Crippen LogP contribution >= 0.6 is 12.4 Å². The van der Waals surface area contributed by atoms with Crippen molar-refractivity contribution in [3.05, 3.63) is 57.6 Å². The molecule has 4 heterocycles. The molecular formula is C21H20ClF3N6O2. The van der Waals surface area contributed by atoms with E-state index < -0.39 is 11.7 Å². The van der Waals surface area contributed by atoms with Crippen LogP contribution in [-0.4, -0.2) is 37.8 Å². The second-order valence-corrected chi connectivity index (χ2v) is 7.85. The molecule has 0 spiro atoms. The van der Waals surface area contributed by atoms with Gasteiger partial charge in [-0.15, -0.1) is 12.4 Å². The fourth-order valence-electron chi connectivity index (χ4n) is 4.11. The van der Waals surface area contributed by atoms with E-state index in [-0.39, 0.29) is 35.6 Å². The Kier molecular flexibility index (Phi) is 6.02. The van der Waals surface area contributed by atoms with E-state index in [0.717, 1.165) is 43.8 Å². The molecule has 0 aliphatic carbocycles. The van der Waals surface area contributed by atoms with Crippen molar-refractivity contribution in [1.82, 2.24) is 30.1 Å². The van der Waals surface area contributed by atoms with E-state index in [1.54, 1.807) is 17.5 Å². The van der Waals surface area contributed by atoms with Crippen molar-refractivity contribution in [2.75, 3.05) is 13.1 Å². The Balaban J connectivity index is 0.00000259. The molecule has 12 heteroatoms. The number of rotatable bonds is 3. The minimum atomic E-state index is -4.43. The zero-order chi connectivity index (χ0) is 22.5. The van der Waals surface area contributed by atoms with E-state index in [1.165, 1.54) is 12.3 Å². The van der Waals surface area contributed by atoms with Crippen LogP contribution in [0.4, 0.5) is 13.2 Å². The summed E-state index contributed by atoms with van der Waals surface area (Å²) >= 11 is 0. The van der Waals surface area contributed by atoms with E-state index in [1.807, 2.05) is 0 Å². The summed E-state index contributed by atoms with van der Waals surface area (Å²) in [5, 5.41) is 11.7. The molecule has 1 aromatic carbocycles. The SMILES string of the molecule is Cc1cc(C(F)(F)F)ccc1-c1noc(-c2cnn3c(C4CCNCC4)cc(=O)[nH]c23)n1.Cl.